The van der Waals surface area contributed by atoms with Crippen LogP contribution in [0.15, 0.2) is 40.9 Å². The van der Waals surface area contributed by atoms with Crippen molar-refractivity contribution in [3.63, 3.8) is 0 Å². The highest BCUT2D eigenvalue weighted by Crippen LogP contribution is 2.27. The number of aromatic nitrogens is 1. The van der Waals surface area contributed by atoms with Crippen molar-refractivity contribution in [3.05, 3.63) is 42.1 Å². The van der Waals surface area contributed by atoms with Crippen LogP contribution in [-0.4, -0.2) is 35.7 Å². The largest absolute Gasteiger partial charge is 0.356 e. The van der Waals surface area contributed by atoms with Gasteiger partial charge in [0.2, 0.25) is 0 Å². The summed E-state index contributed by atoms with van der Waals surface area (Å²) in [7, 11) is 0. The van der Waals surface area contributed by atoms with Crippen molar-refractivity contribution in [2.45, 2.75) is 25.4 Å². The molecule has 0 spiro atoms. The van der Waals surface area contributed by atoms with E-state index in [1.54, 1.807) is 0 Å². The van der Waals surface area contributed by atoms with Crippen molar-refractivity contribution < 1.29 is 4.52 Å². The Morgan fingerprint density at radius 3 is 3.00 bits per heavy atom. The predicted octanol–water partition coefficient (Wildman–Crippen LogP) is 2.53. The van der Waals surface area contributed by atoms with Gasteiger partial charge in [-0.25, -0.2) is 0 Å². The molecule has 1 N–H and O–H groups in total. The van der Waals surface area contributed by atoms with Crippen molar-refractivity contribution >= 4 is 0 Å². The molecule has 2 saturated heterocycles. The average molecular weight is 283 g/mol. The molecule has 0 saturated carbocycles. The summed E-state index contributed by atoms with van der Waals surface area (Å²) >= 11 is 0. The van der Waals surface area contributed by atoms with Gasteiger partial charge >= 0.3 is 0 Å². The summed E-state index contributed by atoms with van der Waals surface area (Å²) in [5.74, 6) is 1.68. The topological polar surface area (TPSA) is 41.3 Å². The number of piperidine rings is 1. The van der Waals surface area contributed by atoms with Crippen LogP contribution < -0.4 is 5.32 Å². The Balaban J connectivity index is 1.43. The summed E-state index contributed by atoms with van der Waals surface area (Å²) in [6, 6.07) is 12.9. The first-order valence-electron chi connectivity index (χ1n) is 7.85. The first-order valence-corrected chi connectivity index (χ1v) is 7.85. The minimum absolute atomic E-state index is 0.680. The third-order valence-electron chi connectivity index (χ3n) is 4.68. The highest BCUT2D eigenvalue weighted by atomic mass is 16.5. The fourth-order valence-electron chi connectivity index (χ4n) is 3.62. The fraction of sp³-hybridized carbons (Fsp3) is 0.471. The van der Waals surface area contributed by atoms with Crippen molar-refractivity contribution in [2.75, 3.05) is 19.6 Å². The Hall–Kier alpha value is -1.65. The number of nitrogens with one attached hydrogen (secondary N) is 1. The lowest BCUT2D eigenvalue weighted by Gasteiger charge is -2.24. The molecule has 2 aliphatic rings. The summed E-state index contributed by atoms with van der Waals surface area (Å²) in [4.78, 5) is 2.50. The molecule has 0 radical (unpaired) electrons. The van der Waals surface area contributed by atoms with Crippen LogP contribution in [0.5, 0.6) is 0 Å². The van der Waals surface area contributed by atoms with Crippen LogP contribution in [-0.2, 0) is 6.54 Å². The standard InChI is InChI=1S/C17H21N3O/c1-2-5-13(6-3-1)17-9-15(19-21-17)11-20-10-14-7-4-8-18-16(14)12-20/h1-3,5-6,9,14,16,18H,4,7-8,10-12H2. The van der Waals surface area contributed by atoms with Crippen LogP contribution in [0.1, 0.15) is 18.5 Å². The molecule has 0 amide bonds. The van der Waals surface area contributed by atoms with Gasteiger partial charge < -0.3 is 9.84 Å². The van der Waals surface area contributed by atoms with Gasteiger partial charge in [-0.3, -0.25) is 4.90 Å². The molecule has 0 bridgehead atoms. The highest BCUT2D eigenvalue weighted by Gasteiger charge is 2.34. The summed E-state index contributed by atoms with van der Waals surface area (Å²) in [5, 5.41) is 7.88. The van der Waals surface area contributed by atoms with Gasteiger partial charge in [-0.05, 0) is 25.3 Å². The maximum atomic E-state index is 5.49. The molecule has 2 atom stereocenters. The Morgan fingerprint density at radius 1 is 1.24 bits per heavy atom. The molecule has 4 heteroatoms. The van der Waals surface area contributed by atoms with E-state index in [9.17, 15) is 0 Å². The molecule has 21 heavy (non-hydrogen) atoms. The average Bonchev–Trinajstić information content (AvgIpc) is 3.14. The zero-order valence-corrected chi connectivity index (χ0v) is 12.2. The molecule has 2 fully saturated rings. The van der Waals surface area contributed by atoms with E-state index in [2.05, 4.69) is 33.6 Å². The molecule has 0 aliphatic carbocycles. The number of hydrogen-bond acceptors (Lipinski definition) is 4. The molecule has 4 nitrogen and oxygen atoms in total. The molecule has 2 unspecified atom stereocenters. The fourth-order valence-corrected chi connectivity index (χ4v) is 3.62. The second-order valence-corrected chi connectivity index (χ2v) is 6.21. The molecule has 1 aromatic heterocycles. The monoisotopic (exact) mass is 283 g/mol. The smallest absolute Gasteiger partial charge is 0.167 e. The minimum Gasteiger partial charge on any atom is -0.356 e. The summed E-state index contributed by atoms with van der Waals surface area (Å²) in [5.41, 5.74) is 2.13. The second kappa shape index (κ2) is 5.62. The molecule has 1 aromatic carbocycles. The molecule has 3 heterocycles. The van der Waals surface area contributed by atoms with Gasteiger partial charge in [-0.2, -0.15) is 0 Å². The Labute approximate surface area is 125 Å². The van der Waals surface area contributed by atoms with E-state index in [0.717, 1.165) is 36.0 Å². The van der Waals surface area contributed by atoms with Crippen LogP contribution in [0, 0.1) is 5.92 Å². The zero-order chi connectivity index (χ0) is 14.1. The van der Waals surface area contributed by atoms with Gasteiger partial charge in [0.15, 0.2) is 5.76 Å². The molecule has 110 valence electrons. The van der Waals surface area contributed by atoms with Gasteiger partial charge in [-0.1, -0.05) is 35.5 Å². The third kappa shape index (κ3) is 2.74. The van der Waals surface area contributed by atoms with E-state index in [0.29, 0.717) is 6.04 Å². The number of hydrogen-bond donors (Lipinski definition) is 1. The summed E-state index contributed by atoms with van der Waals surface area (Å²) in [6.45, 7) is 4.39. The molecule has 2 aromatic rings. The normalized spacial score (nSPS) is 25.9. The van der Waals surface area contributed by atoms with Crippen LogP contribution >= 0.6 is 0 Å². The highest BCUT2D eigenvalue weighted by molar-refractivity contribution is 5.56. The lowest BCUT2D eigenvalue weighted by Crippen LogP contribution is -2.40. The van der Waals surface area contributed by atoms with Crippen molar-refractivity contribution in [1.29, 1.82) is 0 Å². The van der Waals surface area contributed by atoms with Crippen LogP contribution in [0.25, 0.3) is 11.3 Å². The quantitative estimate of drug-likeness (QED) is 0.940. The zero-order valence-electron chi connectivity index (χ0n) is 12.2. The van der Waals surface area contributed by atoms with Crippen molar-refractivity contribution in [1.82, 2.24) is 15.4 Å². The third-order valence-corrected chi connectivity index (χ3v) is 4.68. The van der Waals surface area contributed by atoms with Gasteiger partial charge in [0.25, 0.3) is 0 Å². The predicted molar refractivity (Wildman–Crippen MR) is 81.7 cm³/mol. The molecule has 2 aliphatic heterocycles. The molecular formula is C17H21N3O. The van der Waals surface area contributed by atoms with E-state index in [1.807, 2.05) is 18.2 Å². The van der Waals surface area contributed by atoms with Crippen molar-refractivity contribution in [3.8, 4) is 11.3 Å². The lowest BCUT2D eigenvalue weighted by atomic mass is 9.94. The SMILES string of the molecule is c1ccc(-c2cc(CN3CC4CCCNC4C3)no2)cc1. The Bertz CT molecular complexity index is 581. The first-order chi connectivity index (χ1) is 10.4. The van der Waals surface area contributed by atoms with E-state index >= 15 is 0 Å². The molecule has 4 rings (SSSR count). The van der Waals surface area contributed by atoms with Crippen LogP contribution in [0.3, 0.4) is 0 Å². The summed E-state index contributed by atoms with van der Waals surface area (Å²) < 4.78 is 5.49. The number of benzene rings is 1. The second-order valence-electron chi connectivity index (χ2n) is 6.21. The van der Waals surface area contributed by atoms with Crippen LogP contribution in [0.2, 0.25) is 0 Å². The van der Waals surface area contributed by atoms with E-state index < -0.39 is 0 Å². The van der Waals surface area contributed by atoms with Gasteiger partial charge in [0, 0.05) is 37.3 Å². The number of fused-ring (bicyclic) bond motifs is 1. The van der Waals surface area contributed by atoms with Crippen molar-refractivity contribution in [2.24, 2.45) is 5.92 Å². The first kappa shape index (κ1) is 13.0. The minimum atomic E-state index is 0.680. The van der Waals surface area contributed by atoms with E-state index in [-0.39, 0.29) is 0 Å². The molecular weight excluding hydrogens is 262 g/mol. The number of likely N-dealkylation sites (tertiary alicyclic amines) is 1. The van der Waals surface area contributed by atoms with E-state index in [4.69, 9.17) is 4.52 Å². The van der Waals surface area contributed by atoms with Gasteiger partial charge in [-0.15, -0.1) is 0 Å². The lowest BCUT2D eigenvalue weighted by molar-refractivity contribution is 0.300. The van der Waals surface area contributed by atoms with Gasteiger partial charge in [0.1, 0.15) is 0 Å². The Kier molecular flexibility index (Phi) is 3.49. The van der Waals surface area contributed by atoms with Crippen LogP contribution in [0.4, 0.5) is 0 Å². The Morgan fingerprint density at radius 2 is 2.14 bits per heavy atom. The number of nitrogens with zero attached hydrogens (tertiary/aromatic N) is 2. The van der Waals surface area contributed by atoms with E-state index in [1.165, 1.54) is 25.9 Å². The van der Waals surface area contributed by atoms with Gasteiger partial charge in [0.05, 0.1) is 5.69 Å². The number of rotatable bonds is 3. The summed E-state index contributed by atoms with van der Waals surface area (Å²) in [6.07, 6.45) is 2.68. The maximum absolute atomic E-state index is 5.49. The maximum Gasteiger partial charge on any atom is 0.167 e.